The normalized spacial score (nSPS) is 11.0. The first-order valence-electron chi connectivity index (χ1n) is 8.59. The lowest BCUT2D eigenvalue weighted by Gasteiger charge is -2.19. The van der Waals surface area contributed by atoms with Gasteiger partial charge in [0.25, 0.3) is 5.69 Å². The summed E-state index contributed by atoms with van der Waals surface area (Å²) in [5, 5.41) is 10.6. The molecule has 0 saturated carbocycles. The number of nitrogens with zero attached hydrogens (tertiary/aromatic N) is 2. The third-order valence-electron chi connectivity index (χ3n) is 3.42. The summed E-state index contributed by atoms with van der Waals surface area (Å²) in [4.78, 5) is 12.5. The fourth-order valence-corrected chi connectivity index (χ4v) is 3.80. The van der Waals surface area contributed by atoms with Crippen molar-refractivity contribution < 1.29 is 14.4 Å². The molecule has 0 amide bonds. The maximum atomic E-state index is 10.6. The van der Waals surface area contributed by atoms with Gasteiger partial charge in [-0.25, -0.2) is 0 Å². The van der Waals surface area contributed by atoms with Crippen LogP contribution >= 0.6 is 21.6 Å². The van der Waals surface area contributed by atoms with E-state index in [1.165, 1.54) is 18.6 Å². The van der Waals surface area contributed by atoms with Crippen molar-refractivity contribution in [3.05, 3.63) is 34.4 Å². The molecule has 0 radical (unpaired) electrons. The molecule has 0 N–H and O–H groups in total. The van der Waals surface area contributed by atoms with E-state index >= 15 is 0 Å². The standard InChI is InChI=1S/C17H28N2O4S2/c1-3-9-18(4-2)10-11-22-12-14-24-25-15-13-23-17-7-5-16(6-8-17)19(20)21/h5-8H,3-4,9-15H2,1-2H3. The number of non-ortho nitro benzene ring substituents is 1. The van der Waals surface area contributed by atoms with Gasteiger partial charge in [0.15, 0.2) is 0 Å². The van der Waals surface area contributed by atoms with E-state index in [9.17, 15) is 10.1 Å². The third-order valence-corrected chi connectivity index (χ3v) is 5.75. The van der Waals surface area contributed by atoms with Crippen LogP contribution in [0.4, 0.5) is 5.69 Å². The number of hydrogen-bond acceptors (Lipinski definition) is 7. The fourth-order valence-electron chi connectivity index (χ4n) is 2.11. The van der Waals surface area contributed by atoms with Crippen molar-refractivity contribution >= 4 is 27.3 Å². The van der Waals surface area contributed by atoms with Gasteiger partial charge in [0, 0.05) is 30.2 Å². The molecule has 0 aliphatic heterocycles. The second-order valence-corrected chi connectivity index (χ2v) is 7.99. The van der Waals surface area contributed by atoms with Gasteiger partial charge in [-0.3, -0.25) is 10.1 Å². The van der Waals surface area contributed by atoms with E-state index in [4.69, 9.17) is 9.47 Å². The fraction of sp³-hybridized carbons (Fsp3) is 0.647. The number of ether oxygens (including phenoxy) is 2. The number of hydrogen-bond donors (Lipinski definition) is 0. The van der Waals surface area contributed by atoms with Gasteiger partial charge in [0.1, 0.15) is 5.75 Å². The first kappa shape index (κ1) is 22.1. The molecule has 0 unspecified atom stereocenters. The Hall–Kier alpha value is -0.960. The van der Waals surface area contributed by atoms with Crippen molar-refractivity contribution in [2.24, 2.45) is 0 Å². The average Bonchev–Trinajstić information content (AvgIpc) is 2.62. The van der Waals surface area contributed by atoms with Crippen LogP contribution in [0.3, 0.4) is 0 Å². The van der Waals surface area contributed by atoms with Gasteiger partial charge in [0.2, 0.25) is 0 Å². The van der Waals surface area contributed by atoms with Gasteiger partial charge in [0.05, 0.1) is 24.7 Å². The quantitative estimate of drug-likeness (QED) is 0.194. The molecule has 142 valence electrons. The van der Waals surface area contributed by atoms with Crippen LogP contribution in [-0.2, 0) is 4.74 Å². The molecule has 0 atom stereocenters. The molecule has 1 rings (SSSR count). The van der Waals surface area contributed by atoms with E-state index in [0.29, 0.717) is 12.4 Å². The molecule has 25 heavy (non-hydrogen) atoms. The Morgan fingerprint density at radius 1 is 1.04 bits per heavy atom. The van der Waals surface area contributed by atoms with Crippen LogP contribution in [0.25, 0.3) is 0 Å². The lowest BCUT2D eigenvalue weighted by molar-refractivity contribution is -0.384. The average molecular weight is 389 g/mol. The van der Waals surface area contributed by atoms with E-state index in [1.807, 2.05) is 0 Å². The summed E-state index contributed by atoms with van der Waals surface area (Å²) in [6, 6.07) is 6.16. The Kier molecular flexibility index (Phi) is 12.6. The topological polar surface area (TPSA) is 64.8 Å². The van der Waals surface area contributed by atoms with Gasteiger partial charge in [-0.1, -0.05) is 35.4 Å². The number of likely N-dealkylation sites (N-methyl/N-ethyl adjacent to an activating group) is 1. The Morgan fingerprint density at radius 3 is 2.32 bits per heavy atom. The molecule has 8 heteroatoms. The zero-order chi connectivity index (χ0) is 18.3. The molecule has 0 heterocycles. The number of rotatable bonds is 15. The Balaban J connectivity index is 1.94. The summed E-state index contributed by atoms with van der Waals surface area (Å²) < 4.78 is 11.2. The molecule has 0 spiro atoms. The van der Waals surface area contributed by atoms with E-state index in [-0.39, 0.29) is 5.69 Å². The van der Waals surface area contributed by atoms with Gasteiger partial charge < -0.3 is 14.4 Å². The second-order valence-electron chi connectivity index (χ2n) is 5.29. The minimum absolute atomic E-state index is 0.0778. The van der Waals surface area contributed by atoms with Crippen LogP contribution in [0.5, 0.6) is 5.75 Å². The smallest absolute Gasteiger partial charge is 0.269 e. The molecule has 1 aromatic rings. The van der Waals surface area contributed by atoms with E-state index in [0.717, 1.165) is 44.4 Å². The Bertz CT molecular complexity index is 474. The zero-order valence-electron chi connectivity index (χ0n) is 15.0. The third kappa shape index (κ3) is 10.6. The van der Waals surface area contributed by atoms with Crippen molar-refractivity contribution in [3.8, 4) is 5.75 Å². The summed E-state index contributed by atoms with van der Waals surface area (Å²) >= 11 is 0. The number of nitro groups is 1. The second kappa shape index (κ2) is 14.2. The van der Waals surface area contributed by atoms with Crippen molar-refractivity contribution in [2.45, 2.75) is 20.3 Å². The molecule has 0 saturated heterocycles. The largest absolute Gasteiger partial charge is 0.493 e. The Labute approximate surface area is 158 Å². The van der Waals surface area contributed by atoms with Gasteiger partial charge >= 0.3 is 0 Å². The monoisotopic (exact) mass is 388 g/mol. The molecule has 6 nitrogen and oxygen atoms in total. The van der Waals surface area contributed by atoms with Gasteiger partial charge in [-0.15, -0.1) is 0 Å². The van der Waals surface area contributed by atoms with Crippen LogP contribution in [0.2, 0.25) is 0 Å². The minimum atomic E-state index is -0.415. The van der Waals surface area contributed by atoms with Crippen LogP contribution < -0.4 is 4.74 Å². The molecule has 0 bridgehead atoms. The van der Waals surface area contributed by atoms with Crippen LogP contribution in [-0.4, -0.2) is 60.8 Å². The number of nitro benzene ring substituents is 1. The molecule has 1 aromatic carbocycles. The lowest BCUT2D eigenvalue weighted by Crippen LogP contribution is -2.28. The first-order valence-corrected chi connectivity index (χ1v) is 11.1. The van der Waals surface area contributed by atoms with Crippen molar-refractivity contribution in [1.82, 2.24) is 4.90 Å². The molecule has 0 aromatic heterocycles. The predicted molar refractivity (Wildman–Crippen MR) is 107 cm³/mol. The summed E-state index contributed by atoms with van der Waals surface area (Å²) in [5.74, 6) is 2.48. The van der Waals surface area contributed by atoms with Gasteiger partial charge in [-0.05, 0) is 31.6 Å². The van der Waals surface area contributed by atoms with E-state index in [2.05, 4.69) is 18.7 Å². The number of benzene rings is 1. The first-order chi connectivity index (χ1) is 12.2. The predicted octanol–water partition coefficient (Wildman–Crippen LogP) is 4.10. The molecule has 0 aliphatic carbocycles. The summed E-state index contributed by atoms with van der Waals surface area (Å²) in [7, 11) is 3.53. The molecular formula is C17H28N2O4S2. The minimum Gasteiger partial charge on any atom is -0.493 e. The highest BCUT2D eigenvalue weighted by Crippen LogP contribution is 2.21. The molecule has 0 fully saturated rings. The van der Waals surface area contributed by atoms with E-state index < -0.39 is 4.92 Å². The van der Waals surface area contributed by atoms with Crippen LogP contribution in [0, 0.1) is 10.1 Å². The summed E-state index contributed by atoms with van der Waals surface area (Å²) in [5.41, 5.74) is 0.0778. The summed E-state index contributed by atoms with van der Waals surface area (Å²) in [6.07, 6.45) is 1.18. The van der Waals surface area contributed by atoms with Crippen molar-refractivity contribution in [3.63, 3.8) is 0 Å². The molecular weight excluding hydrogens is 360 g/mol. The highest BCUT2D eigenvalue weighted by molar-refractivity contribution is 8.76. The maximum Gasteiger partial charge on any atom is 0.269 e. The van der Waals surface area contributed by atoms with Crippen LogP contribution in [0.1, 0.15) is 20.3 Å². The highest BCUT2D eigenvalue weighted by atomic mass is 33.1. The SMILES string of the molecule is CCCN(CC)CCOCCSSCCOc1ccc([N+](=O)[O-])cc1. The van der Waals surface area contributed by atoms with Crippen molar-refractivity contribution in [1.29, 1.82) is 0 Å². The molecule has 0 aliphatic rings. The van der Waals surface area contributed by atoms with Crippen LogP contribution in [0.15, 0.2) is 24.3 Å². The van der Waals surface area contributed by atoms with Crippen molar-refractivity contribution in [2.75, 3.05) is 51.0 Å². The maximum absolute atomic E-state index is 10.6. The summed E-state index contributed by atoms with van der Waals surface area (Å²) in [6.45, 7) is 9.75. The highest BCUT2D eigenvalue weighted by Gasteiger charge is 2.04. The lowest BCUT2D eigenvalue weighted by atomic mass is 10.3. The Morgan fingerprint density at radius 2 is 1.72 bits per heavy atom. The van der Waals surface area contributed by atoms with E-state index in [1.54, 1.807) is 33.7 Å². The zero-order valence-corrected chi connectivity index (χ0v) is 16.7. The van der Waals surface area contributed by atoms with Gasteiger partial charge in [-0.2, -0.15) is 0 Å².